The van der Waals surface area contributed by atoms with Crippen LogP contribution in [0.15, 0.2) is 53.4 Å². The molecule has 0 fully saturated rings. The molecule has 0 aliphatic rings. The molecule has 0 aliphatic carbocycles. The normalized spacial score (nSPS) is 12.6. The highest BCUT2D eigenvalue weighted by molar-refractivity contribution is 7.89. The maximum atomic E-state index is 12.6. The van der Waals surface area contributed by atoms with Crippen molar-refractivity contribution in [1.29, 1.82) is 0 Å². The quantitative estimate of drug-likeness (QED) is 0.844. The molecular formula is C18H22N2O3S. The summed E-state index contributed by atoms with van der Waals surface area (Å²) < 4.78 is 27.9. The van der Waals surface area contributed by atoms with E-state index in [9.17, 15) is 13.2 Å². The largest absolute Gasteiger partial charge is 0.352 e. The van der Waals surface area contributed by atoms with Gasteiger partial charge in [-0.05, 0) is 44.0 Å². The average molecular weight is 346 g/mol. The molecule has 0 saturated carbocycles. The lowest BCUT2D eigenvalue weighted by Crippen LogP contribution is -2.28. The summed E-state index contributed by atoms with van der Waals surface area (Å²) >= 11 is 0. The number of nitrogens with one attached hydrogen (secondary N) is 2. The van der Waals surface area contributed by atoms with E-state index >= 15 is 0 Å². The molecule has 2 aromatic rings. The third-order valence-corrected chi connectivity index (χ3v) is 5.27. The number of carbonyl (C=O) groups excluding carboxylic acids is 1. The molecule has 0 bridgehead atoms. The number of benzene rings is 2. The number of hydrogen-bond acceptors (Lipinski definition) is 3. The molecule has 1 amide bonds. The van der Waals surface area contributed by atoms with Crippen molar-refractivity contribution in [3.8, 4) is 0 Å². The van der Waals surface area contributed by atoms with Crippen LogP contribution in [0, 0.1) is 6.92 Å². The van der Waals surface area contributed by atoms with Gasteiger partial charge in [0.15, 0.2) is 0 Å². The monoisotopic (exact) mass is 346 g/mol. The molecule has 0 spiro atoms. The van der Waals surface area contributed by atoms with Gasteiger partial charge in [0.05, 0.1) is 4.90 Å². The molecule has 2 N–H and O–H groups in total. The molecule has 0 heterocycles. The molecule has 2 rings (SSSR count). The Morgan fingerprint density at radius 2 is 1.79 bits per heavy atom. The lowest BCUT2D eigenvalue weighted by atomic mass is 10.1. The number of amides is 1. The molecular weight excluding hydrogens is 324 g/mol. The van der Waals surface area contributed by atoms with E-state index < -0.39 is 10.0 Å². The molecule has 1 atom stereocenters. The van der Waals surface area contributed by atoms with Gasteiger partial charge in [-0.2, -0.15) is 0 Å². The van der Waals surface area contributed by atoms with Crippen LogP contribution < -0.4 is 10.0 Å². The van der Waals surface area contributed by atoms with E-state index in [2.05, 4.69) is 10.0 Å². The highest BCUT2D eigenvalue weighted by atomic mass is 32.2. The Balaban J connectivity index is 2.29. The van der Waals surface area contributed by atoms with E-state index in [1.807, 2.05) is 37.3 Å². The Kier molecular flexibility index (Phi) is 5.75. The van der Waals surface area contributed by atoms with Crippen molar-refractivity contribution in [3.05, 3.63) is 65.2 Å². The number of carbonyl (C=O) groups is 1. The first kappa shape index (κ1) is 18.2. The van der Waals surface area contributed by atoms with Gasteiger partial charge in [0.1, 0.15) is 0 Å². The van der Waals surface area contributed by atoms with Crippen LogP contribution in [0.4, 0.5) is 0 Å². The number of aryl methyl sites for hydroxylation is 1. The Labute approximate surface area is 143 Å². The van der Waals surface area contributed by atoms with Crippen LogP contribution in [0.3, 0.4) is 0 Å². The van der Waals surface area contributed by atoms with Gasteiger partial charge in [-0.15, -0.1) is 0 Å². The summed E-state index contributed by atoms with van der Waals surface area (Å²) in [5.74, 6) is -0.275. The molecule has 2 aromatic carbocycles. The number of rotatable bonds is 6. The zero-order valence-electron chi connectivity index (χ0n) is 14.0. The van der Waals surface area contributed by atoms with Crippen molar-refractivity contribution in [2.45, 2.75) is 31.7 Å². The zero-order valence-corrected chi connectivity index (χ0v) is 14.9. The predicted octanol–water partition coefficient (Wildman–Crippen LogP) is 2.78. The predicted molar refractivity (Wildman–Crippen MR) is 94.4 cm³/mol. The third kappa shape index (κ3) is 4.21. The van der Waals surface area contributed by atoms with Crippen molar-refractivity contribution < 1.29 is 13.2 Å². The van der Waals surface area contributed by atoms with Gasteiger partial charge in [0.25, 0.3) is 5.91 Å². The van der Waals surface area contributed by atoms with E-state index in [0.29, 0.717) is 12.1 Å². The van der Waals surface area contributed by atoms with Gasteiger partial charge in [0, 0.05) is 18.2 Å². The second kappa shape index (κ2) is 7.59. The SMILES string of the molecule is CCNC(=O)c1cc(S(=O)(=O)N[C@@H](C)c2ccccc2)ccc1C. The van der Waals surface area contributed by atoms with Gasteiger partial charge < -0.3 is 5.32 Å². The van der Waals surface area contributed by atoms with Crippen molar-refractivity contribution in [2.75, 3.05) is 6.54 Å². The fourth-order valence-corrected chi connectivity index (χ4v) is 3.64. The second-order valence-electron chi connectivity index (χ2n) is 5.59. The van der Waals surface area contributed by atoms with Gasteiger partial charge in [0.2, 0.25) is 10.0 Å². The average Bonchev–Trinajstić information content (AvgIpc) is 2.55. The van der Waals surface area contributed by atoms with Gasteiger partial charge in [-0.3, -0.25) is 4.79 Å². The fourth-order valence-electron chi connectivity index (χ4n) is 2.38. The van der Waals surface area contributed by atoms with Crippen LogP contribution in [0.25, 0.3) is 0 Å². The topological polar surface area (TPSA) is 75.3 Å². The minimum atomic E-state index is -3.73. The van der Waals surface area contributed by atoms with Crippen LogP contribution in [0.1, 0.15) is 41.4 Å². The van der Waals surface area contributed by atoms with Crippen molar-refractivity contribution in [3.63, 3.8) is 0 Å². The maximum Gasteiger partial charge on any atom is 0.251 e. The Bertz CT molecular complexity index is 817. The van der Waals surface area contributed by atoms with E-state index in [1.165, 1.54) is 12.1 Å². The smallest absolute Gasteiger partial charge is 0.251 e. The van der Waals surface area contributed by atoms with E-state index in [1.54, 1.807) is 19.9 Å². The molecule has 5 nitrogen and oxygen atoms in total. The second-order valence-corrected chi connectivity index (χ2v) is 7.30. The summed E-state index contributed by atoms with van der Waals surface area (Å²) in [5.41, 5.74) is 1.97. The van der Waals surface area contributed by atoms with Crippen LogP contribution in [-0.4, -0.2) is 20.9 Å². The van der Waals surface area contributed by atoms with Crippen LogP contribution >= 0.6 is 0 Å². The minimum Gasteiger partial charge on any atom is -0.352 e. The van der Waals surface area contributed by atoms with Crippen molar-refractivity contribution >= 4 is 15.9 Å². The first-order valence-electron chi connectivity index (χ1n) is 7.81. The molecule has 6 heteroatoms. The molecule has 0 radical (unpaired) electrons. The first-order valence-corrected chi connectivity index (χ1v) is 9.29. The van der Waals surface area contributed by atoms with E-state index in [-0.39, 0.29) is 16.8 Å². The van der Waals surface area contributed by atoms with Gasteiger partial charge in [-0.25, -0.2) is 13.1 Å². The number of hydrogen-bond donors (Lipinski definition) is 2. The molecule has 128 valence electrons. The molecule has 0 saturated heterocycles. The lowest BCUT2D eigenvalue weighted by molar-refractivity contribution is 0.0955. The van der Waals surface area contributed by atoms with Crippen molar-refractivity contribution in [2.24, 2.45) is 0 Å². The first-order chi connectivity index (χ1) is 11.3. The summed E-state index contributed by atoms with van der Waals surface area (Å²) in [7, 11) is -3.73. The summed E-state index contributed by atoms with van der Waals surface area (Å²) in [4.78, 5) is 12.1. The Hall–Kier alpha value is -2.18. The van der Waals surface area contributed by atoms with Gasteiger partial charge >= 0.3 is 0 Å². The van der Waals surface area contributed by atoms with Gasteiger partial charge in [-0.1, -0.05) is 36.4 Å². The summed E-state index contributed by atoms with van der Waals surface area (Å²) in [6.07, 6.45) is 0. The highest BCUT2D eigenvalue weighted by Crippen LogP contribution is 2.19. The standard InChI is InChI=1S/C18H22N2O3S/c1-4-19-18(21)17-12-16(11-10-13(17)2)24(22,23)20-14(3)15-8-6-5-7-9-15/h5-12,14,20H,4H2,1-3H3,(H,19,21)/t14-/m0/s1. The molecule has 0 aliphatic heterocycles. The van der Waals surface area contributed by atoms with Crippen molar-refractivity contribution in [1.82, 2.24) is 10.0 Å². The molecule has 24 heavy (non-hydrogen) atoms. The number of sulfonamides is 1. The van der Waals surface area contributed by atoms with E-state index in [0.717, 1.165) is 11.1 Å². The van der Waals surface area contributed by atoms with Crippen LogP contribution in [0.5, 0.6) is 0 Å². The van der Waals surface area contributed by atoms with Crippen LogP contribution in [-0.2, 0) is 10.0 Å². The Morgan fingerprint density at radius 1 is 1.12 bits per heavy atom. The Morgan fingerprint density at radius 3 is 2.42 bits per heavy atom. The summed E-state index contributed by atoms with van der Waals surface area (Å²) in [6, 6.07) is 13.5. The molecule has 0 unspecified atom stereocenters. The van der Waals surface area contributed by atoms with Crippen LogP contribution in [0.2, 0.25) is 0 Å². The highest BCUT2D eigenvalue weighted by Gasteiger charge is 2.20. The maximum absolute atomic E-state index is 12.6. The lowest BCUT2D eigenvalue weighted by Gasteiger charge is -2.15. The fraction of sp³-hybridized carbons (Fsp3) is 0.278. The molecule has 0 aromatic heterocycles. The minimum absolute atomic E-state index is 0.0807. The van der Waals surface area contributed by atoms with E-state index in [4.69, 9.17) is 0 Å². The summed E-state index contributed by atoms with van der Waals surface area (Å²) in [6.45, 7) is 5.86. The summed E-state index contributed by atoms with van der Waals surface area (Å²) in [5, 5.41) is 2.69. The third-order valence-electron chi connectivity index (χ3n) is 3.73. The zero-order chi connectivity index (χ0) is 17.7.